The fraction of sp³-hybridized carbons (Fsp3) is 0.367. The average molecular weight is 805 g/mol. The first-order chi connectivity index (χ1) is 29.3. The Kier molecular flexibility index (Phi) is 11.0. The summed E-state index contributed by atoms with van der Waals surface area (Å²) in [6.07, 6.45) is 15.3. The van der Waals surface area contributed by atoms with Crippen LogP contribution < -0.4 is 15.5 Å². The van der Waals surface area contributed by atoms with Gasteiger partial charge in [0.2, 0.25) is 11.8 Å². The van der Waals surface area contributed by atoms with Crippen molar-refractivity contribution in [2.24, 2.45) is 5.92 Å². The second-order valence-corrected chi connectivity index (χ2v) is 17.0. The highest BCUT2D eigenvalue weighted by Gasteiger charge is 2.43. The van der Waals surface area contributed by atoms with Crippen molar-refractivity contribution >= 4 is 52.0 Å². The van der Waals surface area contributed by atoms with Crippen molar-refractivity contribution in [2.45, 2.75) is 82.2 Å². The number of nitrogens with zero attached hydrogens (tertiary/aromatic N) is 4. The van der Waals surface area contributed by atoms with Crippen molar-refractivity contribution in [1.29, 1.82) is 0 Å². The van der Waals surface area contributed by atoms with Gasteiger partial charge in [0.15, 0.2) is 0 Å². The Morgan fingerprint density at radius 2 is 1.55 bits per heavy atom. The number of aromatic nitrogens is 2. The quantitative estimate of drug-likeness (QED) is 0.128. The molecule has 3 fully saturated rings. The van der Waals surface area contributed by atoms with Gasteiger partial charge in [-0.1, -0.05) is 74.6 Å². The summed E-state index contributed by atoms with van der Waals surface area (Å²) in [5.74, 6) is -1.32. The third kappa shape index (κ3) is 7.80. The predicted octanol–water partition coefficient (Wildman–Crippen LogP) is 8.05. The Labute approximate surface area is 350 Å². The molecule has 11 heteroatoms. The van der Waals surface area contributed by atoms with Gasteiger partial charge in [0.25, 0.3) is 5.91 Å². The molecule has 1 saturated heterocycles. The minimum absolute atomic E-state index is 0.169. The van der Waals surface area contributed by atoms with E-state index < -0.39 is 11.5 Å². The third-order valence-electron chi connectivity index (χ3n) is 13.3. The number of anilines is 2. The van der Waals surface area contributed by atoms with Gasteiger partial charge in [-0.2, -0.15) is 0 Å². The second-order valence-electron chi connectivity index (χ2n) is 17.0. The Morgan fingerprint density at radius 3 is 2.28 bits per heavy atom. The number of carboxylic acid groups (broad SMARTS) is 1. The van der Waals surface area contributed by atoms with Gasteiger partial charge in [0.05, 0.1) is 11.6 Å². The van der Waals surface area contributed by atoms with Gasteiger partial charge < -0.3 is 30.1 Å². The molecule has 2 saturated carbocycles. The SMILES string of the molecule is O=C(O)/C=C/c1ccc(NC(=O)C2(NC(=O)c3ccc4c(C5CCCCC5)c5n(c4c3)CC(C(=O)N3CCN(c4ccncc4)CC3)Cc3ccccc3-5)CCCC2)cc1. The summed E-state index contributed by atoms with van der Waals surface area (Å²) in [5, 5.41) is 16.3. The molecule has 2 aromatic heterocycles. The second kappa shape index (κ2) is 16.8. The fourth-order valence-electron chi connectivity index (χ4n) is 10.2. The zero-order valence-corrected chi connectivity index (χ0v) is 33.9. The van der Waals surface area contributed by atoms with Crippen LogP contribution in [0.15, 0.2) is 97.3 Å². The average Bonchev–Trinajstić information content (AvgIpc) is 3.84. The molecule has 60 heavy (non-hydrogen) atoms. The molecule has 1 atom stereocenters. The molecule has 3 amide bonds. The highest BCUT2D eigenvalue weighted by Crippen LogP contribution is 2.47. The number of amides is 3. The molecule has 308 valence electrons. The standard InChI is InChI=1S/C49H52N6O5/c56-43(57)19-14-33-12-16-38(17-13-33)51-48(60)49(22-6-7-23-49)52-46(58)36-15-18-41-42(31-36)55-32-37(47(59)54-28-26-53(27-29-54)39-20-24-50-25-21-39)30-35-10-4-5-11-40(35)45(55)44(41)34-8-2-1-3-9-34/h4-5,10-21,24-25,31,34,37H,1-3,6-9,22-23,26-30,32H2,(H,51,60)(H,52,58)(H,56,57)/b19-14+. The van der Waals surface area contributed by atoms with E-state index in [4.69, 9.17) is 5.11 Å². The minimum atomic E-state index is -1.07. The van der Waals surface area contributed by atoms with Crippen molar-refractivity contribution in [2.75, 3.05) is 36.4 Å². The molecule has 3 N–H and O–H groups in total. The van der Waals surface area contributed by atoms with Gasteiger partial charge in [0, 0.05) is 84.6 Å². The van der Waals surface area contributed by atoms with Crippen LogP contribution in [-0.2, 0) is 27.3 Å². The van der Waals surface area contributed by atoms with Gasteiger partial charge in [-0.05, 0) is 97.2 Å². The molecular formula is C49H52N6O5. The number of rotatable bonds is 9. The van der Waals surface area contributed by atoms with Crippen LogP contribution in [0.1, 0.15) is 90.8 Å². The summed E-state index contributed by atoms with van der Waals surface area (Å²) in [7, 11) is 0. The molecule has 4 aliphatic rings. The van der Waals surface area contributed by atoms with Gasteiger partial charge in [-0.25, -0.2) is 4.79 Å². The summed E-state index contributed by atoms with van der Waals surface area (Å²) in [5.41, 5.74) is 7.63. The van der Waals surface area contributed by atoms with Gasteiger partial charge in [0.1, 0.15) is 5.54 Å². The molecule has 3 aromatic carbocycles. The van der Waals surface area contributed by atoms with Crippen LogP contribution in [0.4, 0.5) is 11.4 Å². The first kappa shape index (κ1) is 39.2. The molecule has 0 radical (unpaired) electrons. The van der Waals surface area contributed by atoms with E-state index in [-0.39, 0.29) is 23.6 Å². The van der Waals surface area contributed by atoms with E-state index in [1.54, 1.807) is 24.3 Å². The predicted molar refractivity (Wildman–Crippen MR) is 234 cm³/mol. The molecule has 2 aliphatic carbocycles. The Hall–Kier alpha value is -6.23. The van der Waals surface area contributed by atoms with Crippen LogP contribution in [0.2, 0.25) is 0 Å². The Morgan fingerprint density at radius 1 is 0.817 bits per heavy atom. The first-order valence-electron chi connectivity index (χ1n) is 21.6. The molecular weight excluding hydrogens is 753 g/mol. The van der Waals surface area contributed by atoms with Crippen molar-refractivity contribution in [1.82, 2.24) is 19.8 Å². The lowest BCUT2D eigenvalue weighted by molar-refractivity contribution is -0.136. The topological polar surface area (TPSA) is 137 Å². The zero-order chi connectivity index (χ0) is 41.2. The molecule has 0 bridgehead atoms. The van der Waals surface area contributed by atoms with E-state index in [2.05, 4.69) is 55.4 Å². The minimum Gasteiger partial charge on any atom is -0.478 e. The number of hydrogen-bond acceptors (Lipinski definition) is 6. The lowest BCUT2D eigenvalue weighted by Gasteiger charge is -2.37. The molecule has 0 spiro atoms. The van der Waals surface area contributed by atoms with Crippen LogP contribution in [0, 0.1) is 5.92 Å². The summed E-state index contributed by atoms with van der Waals surface area (Å²) in [4.78, 5) is 62.5. The monoisotopic (exact) mass is 804 g/mol. The number of aliphatic carboxylic acids is 1. The fourth-order valence-corrected chi connectivity index (χ4v) is 10.2. The smallest absolute Gasteiger partial charge is 0.328 e. The summed E-state index contributed by atoms with van der Waals surface area (Å²) in [6, 6.07) is 25.6. The number of fused-ring (bicyclic) bond motifs is 5. The maximum absolute atomic E-state index is 14.6. The van der Waals surface area contributed by atoms with Crippen LogP contribution in [0.25, 0.3) is 28.2 Å². The van der Waals surface area contributed by atoms with E-state index >= 15 is 0 Å². The van der Waals surface area contributed by atoms with Crippen LogP contribution >= 0.6 is 0 Å². The highest BCUT2D eigenvalue weighted by atomic mass is 16.4. The maximum Gasteiger partial charge on any atom is 0.328 e. The largest absolute Gasteiger partial charge is 0.478 e. The van der Waals surface area contributed by atoms with Crippen molar-refractivity contribution in [3.63, 3.8) is 0 Å². The zero-order valence-electron chi connectivity index (χ0n) is 33.9. The number of nitrogens with one attached hydrogen (secondary N) is 2. The first-order valence-corrected chi connectivity index (χ1v) is 21.6. The third-order valence-corrected chi connectivity index (χ3v) is 13.3. The molecule has 9 rings (SSSR count). The van der Waals surface area contributed by atoms with Crippen molar-refractivity contribution < 1.29 is 24.3 Å². The lowest BCUT2D eigenvalue weighted by atomic mass is 9.81. The van der Waals surface area contributed by atoms with Crippen molar-refractivity contribution in [3.05, 3.63) is 120 Å². The van der Waals surface area contributed by atoms with Gasteiger partial charge >= 0.3 is 5.97 Å². The van der Waals surface area contributed by atoms with E-state index in [9.17, 15) is 19.2 Å². The Bertz CT molecular complexity index is 2440. The normalized spacial score (nSPS) is 19.1. The van der Waals surface area contributed by atoms with Gasteiger partial charge in [-0.3, -0.25) is 19.4 Å². The van der Waals surface area contributed by atoms with Crippen LogP contribution in [0.5, 0.6) is 0 Å². The van der Waals surface area contributed by atoms with E-state index in [1.807, 2.05) is 41.6 Å². The van der Waals surface area contributed by atoms with Crippen molar-refractivity contribution in [3.8, 4) is 11.3 Å². The molecule has 11 nitrogen and oxygen atoms in total. The highest BCUT2D eigenvalue weighted by molar-refractivity contribution is 6.06. The summed E-state index contributed by atoms with van der Waals surface area (Å²) >= 11 is 0. The molecule has 4 heterocycles. The number of benzene rings is 3. The number of carbonyl (C=O) groups is 4. The maximum atomic E-state index is 14.6. The van der Waals surface area contributed by atoms with Crippen LogP contribution in [-0.4, -0.2) is 75.0 Å². The van der Waals surface area contributed by atoms with E-state index in [0.717, 1.165) is 61.4 Å². The Balaban J connectivity index is 1.03. The van der Waals surface area contributed by atoms with Gasteiger partial charge in [-0.15, -0.1) is 0 Å². The number of carboxylic acids is 1. The number of pyridine rings is 1. The lowest BCUT2D eigenvalue weighted by Crippen LogP contribution is -2.55. The van der Waals surface area contributed by atoms with E-state index in [0.29, 0.717) is 61.6 Å². The molecule has 5 aromatic rings. The molecule has 2 aliphatic heterocycles. The summed E-state index contributed by atoms with van der Waals surface area (Å²) < 4.78 is 2.35. The number of piperazine rings is 1. The number of carbonyl (C=O) groups excluding carboxylic acids is 3. The number of hydrogen-bond donors (Lipinski definition) is 3. The van der Waals surface area contributed by atoms with Crippen LogP contribution in [0.3, 0.4) is 0 Å². The molecule has 1 unspecified atom stereocenters. The summed E-state index contributed by atoms with van der Waals surface area (Å²) in [6.45, 7) is 3.35. The van der Waals surface area contributed by atoms with E-state index in [1.165, 1.54) is 47.7 Å².